The van der Waals surface area contributed by atoms with E-state index in [2.05, 4.69) is 34.6 Å². The molecule has 0 bridgehead atoms. The highest BCUT2D eigenvalue weighted by Gasteiger charge is 2.08. The Balaban J connectivity index is 0.00000312. The molecule has 0 radical (unpaired) electrons. The lowest BCUT2D eigenvalue weighted by Crippen LogP contribution is -2.38. The molecule has 0 saturated carbocycles. The van der Waals surface area contributed by atoms with E-state index in [4.69, 9.17) is 9.26 Å². The molecule has 25 heavy (non-hydrogen) atoms. The number of benzene rings is 1. The predicted molar refractivity (Wildman–Crippen MR) is 111 cm³/mol. The van der Waals surface area contributed by atoms with Gasteiger partial charge in [-0.3, -0.25) is 4.99 Å². The van der Waals surface area contributed by atoms with E-state index >= 15 is 0 Å². The molecular weight excluding hydrogens is 431 g/mol. The highest BCUT2D eigenvalue weighted by Crippen LogP contribution is 2.13. The molecule has 0 amide bonds. The van der Waals surface area contributed by atoms with Crippen LogP contribution in [0.2, 0.25) is 0 Å². The fourth-order valence-corrected chi connectivity index (χ4v) is 2.12. The van der Waals surface area contributed by atoms with Crippen LogP contribution in [0.25, 0.3) is 0 Å². The van der Waals surface area contributed by atoms with Gasteiger partial charge < -0.3 is 19.9 Å². The average molecular weight is 458 g/mol. The molecule has 0 saturated heterocycles. The minimum atomic E-state index is 0. The smallest absolute Gasteiger partial charge is 0.191 e. The molecule has 2 rings (SSSR count). The maximum Gasteiger partial charge on any atom is 0.191 e. The molecule has 0 aliphatic carbocycles. The van der Waals surface area contributed by atoms with Gasteiger partial charge in [0.2, 0.25) is 0 Å². The number of nitrogens with one attached hydrogen (secondary N) is 2. The summed E-state index contributed by atoms with van der Waals surface area (Å²) in [6.07, 6.45) is 0. The molecule has 7 heteroatoms. The Morgan fingerprint density at radius 3 is 2.72 bits per heavy atom. The van der Waals surface area contributed by atoms with Crippen LogP contribution in [0.15, 0.2) is 39.8 Å². The highest BCUT2D eigenvalue weighted by molar-refractivity contribution is 14.0. The Labute approximate surface area is 166 Å². The van der Waals surface area contributed by atoms with Gasteiger partial charge in [-0.1, -0.05) is 31.1 Å². The zero-order chi connectivity index (χ0) is 17.4. The maximum atomic E-state index is 5.70. The lowest BCUT2D eigenvalue weighted by Gasteiger charge is -2.11. The van der Waals surface area contributed by atoms with Crippen LogP contribution in [0, 0.1) is 6.92 Å². The third-order valence-corrected chi connectivity index (χ3v) is 3.48. The first-order valence-corrected chi connectivity index (χ1v) is 8.18. The quantitative estimate of drug-likeness (QED) is 0.288. The molecule has 0 aliphatic heterocycles. The maximum absolute atomic E-state index is 5.70. The summed E-state index contributed by atoms with van der Waals surface area (Å²) < 4.78 is 11.0. The predicted octanol–water partition coefficient (Wildman–Crippen LogP) is 3.47. The number of aryl methyl sites for hydroxylation is 1. The van der Waals surface area contributed by atoms with Crippen LogP contribution in [-0.4, -0.2) is 31.3 Å². The van der Waals surface area contributed by atoms with Crippen molar-refractivity contribution in [1.82, 2.24) is 15.8 Å². The number of rotatable bonds is 7. The number of hydrogen-bond acceptors (Lipinski definition) is 4. The summed E-state index contributed by atoms with van der Waals surface area (Å²) in [5.41, 5.74) is 2.15. The summed E-state index contributed by atoms with van der Waals surface area (Å²) in [6.45, 7) is 7.97. The number of aromatic nitrogens is 1. The Kier molecular flexibility index (Phi) is 9.33. The second-order valence-electron chi connectivity index (χ2n) is 5.89. The zero-order valence-electron chi connectivity index (χ0n) is 15.2. The number of aliphatic imine (C=N–C) groups is 1. The summed E-state index contributed by atoms with van der Waals surface area (Å²) in [5.74, 6) is 2.73. The standard InChI is InChI=1S/C18H26N4O2.HI/c1-13(2)17-11-16(24-22-17)12-21-18(19-4)20-8-9-23-15-7-5-6-14(3)10-15;/h5-7,10-11,13H,8-9,12H2,1-4H3,(H2,19,20,21);1H. The van der Waals surface area contributed by atoms with Crippen molar-refractivity contribution < 1.29 is 9.26 Å². The zero-order valence-corrected chi connectivity index (χ0v) is 17.5. The van der Waals surface area contributed by atoms with Crippen molar-refractivity contribution in [2.45, 2.75) is 33.2 Å². The molecule has 1 aromatic heterocycles. The van der Waals surface area contributed by atoms with Crippen molar-refractivity contribution in [2.75, 3.05) is 20.2 Å². The van der Waals surface area contributed by atoms with Crippen molar-refractivity contribution in [2.24, 2.45) is 4.99 Å². The number of hydrogen-bond donors (Lipinski definition) is 2. The van der Waals surface area contributed by atoms with Gasteiger partial charge in [0, 0.05) is 13.1 Å². The molecule has 138 valence electrons. The van der Waals surface area contributed by atoms with Crippen LogP contribution in [0.1, 0.15) is 36.8 Å². The highest BCUT2D eigenvalue weighted by atomic mass is 127. The van der Waals surface area contributed by atoms with Crippen LogP contribution in [0.3, 0.4) is 0 Å². The van der Waals surface area contributed by atoms with Crippen molar-refractivity contribution in [3.05, 3.63) is 47.3 Å². The molecular formula is C18H27IN4O2. The van der Waals surface area contributed by atoms with Gasteiger partial charge in [0.1, 0.15) is 12.4 Å². The minimum absolute atomic E-state index is 0. The van der Waals surface area contributed by atoms with Gasteiger partial charge in [-0.25, -0.2) is 0 Å². The van der Waals surface area contributed by atoms with E-state index in [1.807, 2.05) is 37.3 Å². The van der Waals surface area contributed by atoms with Gasteiger partial charge in [-0.05, 0) is 30.5 Å². The molecule has 1 aromatic carbocycles. The number of guanidine groups is 1. The fraction of sp³-hybridized carbons (Fsp3) is 0.444. The number of halogens is 1. The third-order valence-electron chi connectivity index (χ3n) is 3.48. The molecule has 0 aliphatic rings. The van der Waals surface area contributed by atoms with E-state index in [-0.39, 0.29) is 24.0 Å². The van der Waals surface area contributed by atoms with Crippen LogP contribution >= 0.6 is 24.0 Å². The number of nitrogens with zero attached hydrogens (tertiary/aromatic N) is 2. The van der Waals surface area contributed by atoms with E-state index in [0.29, 0.717) is 31.6 Å². The van der Waals surface area contributed by atoms with Crippen molar-refractivity contribution in [3.8, 4) is 5.75 Å². The van der Waals surface area contributed by atoms with Crippen LogP contribution in [0.5, 0.6) is 5.75 Å². The lowest BCUT2D eigenvalue weighted by molar-refractivity contribution is 0.321. The first kappa shape index (κ1) is 21.3. The Bertz CT molecular complexity index is 671. The normalized spacial score (nSPS) is 11.2. The van der Waals surface area contributed by atoms with Gasteiger partial charge in [0.15, 0.2) is 11.7 Å². The van der Waals surface area contributed by atoms with Crippen molar-refractivity contribution in [3.63, 3.8) is 0 Å². The first-order valence-electron chi connectivity index (χ1n) is 8.18. The van der Waals surface area contributed by atoms with E-state index in [1.165, 1.54) is 5.56 Å². The topological polar surface area (TPSA) is 71.7 Å². The minimum Gasteiger partial charge on any atom is -0.492 e. The van der Waals surface area contributed by atoms with Crippen LogP contribution in [-0.2, 0) is 6.54 Å². The summed E-state index contributed by atoms with van der Waals surface area (Å²) in [6, 6.07) is 9.97. The van der Waals surface area contributed by atoms with E-state index in [1.54, 1.807) is 7.05 Å². The van der Waals surface area contributed by atoms with E-state index < -0.39 is 0 Å². The van der Waals surface area contributed by atoms with Gasteiger partial charge in [-0.2, -0.15) is 0 Å². The van der Waals surface area contributed by atoms with Gasteiger partial charge >= 0.3 is 0 Å². The molecule has 0 spiro atoms. The summed E-state index contributed by atoms with van der Waals surface area (Å²) in [7, 11) is 1.73. The molecule has 0 atom stereocenters. The van der Waals surface area contributed by atoms with Gasteiger partial charge in [0.05, 0.1) is 18.8 Å². The van der Waals surface area contributed by atoms with Gasteiger partial charge in [0.25, 0.3) is 0 Å². The molecule has 2 N–H and O–H groups in total. The van der Waals surface area contributed by atoms with Crippen molar-refractivity contribution in [1.29, 1.82) is 0 Å². The monoisotopic (exact) mass is 458 g/mol. The molecule has 0 fully saturated rings. The Hall–Kier alpha value is -1.77. The molecule has 0 unspecified atom stereocenters. The van der Waals surface area contributed by atoms with E-state index in [9.17, 15) is 0 Å². The summed E-state index contributed by atoms with van der Waals surface area (Å²) >= 11 is 0. The Morgan fingerprint density at radius 2 is 2.08 bits per heavy atom. The summed E-state index contributed by atoms with van der Waals surface area (Å²) in [4.78, 5) is 4.18. The summed E-state index contributed by atoms with van der Waals surface area (Å²) in [5, 5.41) is 10.4. The second kappa shape index (κ2) is 11.0. The molecule has 2 aromatic rings. The van der Waals surface area contributed by atoms with Gasteiger partial charge in [-0.15, -0.1) is 24.0 Å². The molecule has 6 nitrogen and oxygen atoms in total. The SMILES string of the molecule is CN=C(NCCOc1cccc(C)c1)NCc1cc(C(C)C)no1.I. The van der Waals surface area contributed by atoms with Crippen molar-refractivity contribution >= 4 is 29.9 Å². The molecule has 1 heterocycles. The van der Waals surface area contributed by atoms with Crippen LogP contribution < -0.4 is 15.4 Å². The lowest BCUT2D eigenvalue weighted by atomic mass is 10.1. The number of ether oxygens (including phenoxy) is 1. The first-order chi connectivity index (χ1) is 11.6. The van der Waals surface area contributed by atoms with E-state index in [0.717, 1.165) is 17.2 Å². The largest absolute Gasteiger partial charge is 0.492 e. The second-order valence-corrected chi connectivity index (χ2v) is 5.89. The van der Waals surface area contributed by atoms with Crippen LogP contribution in [0.4, 0.5) is 0 Å². The third kappa shape index (κ3) is 7.33. The fourth-order valence-electron chi connectivity index (χ4n) is 2.12. The average Bonchev–Trinajstić information content (AvgIpc) is 3.03. The Morgan fingerprint density at radius 1 is 1.28 bits per heavy atom.